The second-order valence-corrected chi connectivity index (χ2v) is 4.39. The van der Waals surface area contributed by atoms with Crippen molar-refractivity contribution in [1.82, 2.24) is 0 Å². The highest BCUT2D eigenvalue weighted by Gasteiger charge is 2.01. The van der Waals surface area contributed by atoms with Crippen molar-refractivity contribution in [2.75, 3.05) is 18.6 Å². The average molecular weight is 235 g/mol. The van der Waals surface area contributed by atoms with Crippen molar-refractivity contribution in [3.8, 4) is 5.75 Å². The van der Waals surface area contributed by atoms with Gasteiger partial charge in [-0.1, -0.05) is 11.6 Å². The minimum Gasteiger partial charge on any atom is -0.495 e. The van der Waals surface area contributed by atoms with E-state index in [2.05, 4.69) is 12.6 Å². The standard InChI is InChI=1S/C9H11ClOS2/c1-11-9-3-2-7(6-8(9)10)13-5-4-12/h2-3,6,12H,4-5H2,1H3. The van der Waals surface area contributed by atoms with Crippen LogP contribution in [-0.4, -0.2) is 18.6 Å². The van der Waals surface area contributed by atoms with Crippen molar-refractivity contribution < 1.29 is 4.74 Å². The molecule has 0 unspecified atom stereocenters. The number of thioether (sulfide) groups is 1. The number of methoxy groups -OCH3 is 1. The molecule has 0 saturated heterocycles. The third kappa shape index (κ3) is 3.33. The summed E-state index contributed by atoms with van der Waals surface area (Å²) in [5.41, 5.74) is 0. The Kier molecular flexibility index (Phi) is 4.84. The number of halogens is 1. The minimum absolute atomic E-state index is 0.659. The lowest BCUT2D eigenvalue weighted by Gasteiger charge is -2.04. The lowest BCUT2D eigenvalue weighted by molar-refractivity contribution is 0.414. The van der Waals surface area contributed by atoms with Crippen LogP contribution in [0.4, 0.5) is 0 Å². The third-order valence-electron chi connectivity index (χ3n) is 1.48. The molecule has 0 aliphatic heterocycles. The molecule has 0 aliphatic rings. The van der Waals surface area contributed by atoms with E-state index in [0.29, 0.717) is 5.02 Å². The van der Waals surface area contributed by atoms with E-state index in [1.54, 1.807) is 18.9 Å². The maximum absolute atomic E-state index is 5.95. The van der Waals surface area contributed by atoms with Gasteiger partial charge in [-0.15, -0.1) is 11.8 Å². The number of thiol groups is 1. The number of hydrogen-bond donors (Lipinski definition) is 1. The first-order valence-corrected chi connectivity index (χ1v) is 5.84. The number of hydrogen-bond acceptors (Lipinski definition) is 3. The maximum Gasteiger partial charge on any atom is 0.137 e. The number of ether oxygens (including phenoxy) is 1. The highest BCUT2D eigenvalue weighted by molar-refractivity contribution is 8.00. The fourth-order valence-corrected chi connectivity index (χ4v) is 2.19. The molecule has 0 saturated carbocycles. The van der Waals surface area contributed by atoms with Gasteiger partial charge in [-0.05, 0) is 24.0 Å². The van der Waals surface area contributed by atoms with Gasteiger partial charge < -0.3 is 4.74 Å². The largest absolute Gasteiger partial charge is 0.495 e. The smallest absolute Gasteiger partial charge is 0.137 e. The van der Waals surface area contributed by atoms with Crippen LogP contribution in [-0.2, 0) is 0 Å². The van der Waals surface area contributed by atoms with Gasteiger partial charge in [-0.2, -0.15) is 12.6 Å². The summed E-state index contributed by atoms with van der Waals surface area (Å²) in [5.74, 6) is 2.58. The summed E-state index contributed by atoms with van der Waals surface area (Å²) in [7, 11) is 1.61. The van der Waals surface area contributed by atoms with E-state index < -0.39 is 0 Å². The Morgan fingerprint density at radius 3 is 2.85 bits per heavy atom. The lowest BCUT2D eigenvalue weighted by Crippen LogP contribution is -1.85. The molecule has 13 heavy (non-hydrogen) atoms. The number of rotatable bonds is 4. The van der Waals surface area contributed by atoms with Crippen molar-refractivity contribution in [2.24, 2.45) is 0 Å². The Balaban J connectivity index is 2.71. The summed E-state index contributed by atoms with van der Waals surface area (Å²) in [6.07, 6.45) is 0. The third-order valence-corrected chi connectivity index (χ3v) is 3.30. The van der Waals surface area contributed by atoms with Gasteiger partial charge in [0.1, 0.15) is 5.75 Å². The Bertz CT molecular complexity index is 278. The van der Waals surface area contributed by atoms with E-state index >= 15 is 0 Å². The van der Waals surface area contributed by atoms with Crippen molar-refractivity contribution in [3.63, 3.8) is 0 Å². The van der Waals surface area contributed by atoms with Crippen molar-refractivity contribution in [3.05, 3.63) is 23.2 Å². The Labute approximate surface area is 93.2 Å². The van der Waals surface area contributed by atoms with Gasteiger partial charge in [0.25, 0.3) is 0 Å². The highest BCUT2D eigenvalue weighted by Crippen LogP contribution is 2.29. The zero-order chi connectivity index (χ0) is 9.68. The van der Waals surface area contributed by atoms with E-state index in [9.17, 15) is 0 Å². The Morgan fingerprint density at radius 1 is 1.54 bits per heavy atom. The molecule has 1 aromatic rings. The summed E-state index contributed by atoms with van der Waals surface area (Å²) in [6.45, 7) is 0. The molecule has 0 spiro atoms. The van der Waals surface area contributed by atoms with Crippen LogP contribution in [0.1, 0.15) is 0 Å². The topological polar surface area (TPSA) is 9.23 Å². The quantitative estimate of drug-likeness (QED) is 0.632. The van der Waals surface area contributed by atoms with Crippen molar-refractivity contribution >= 4 is 36.0 Å². The normalized spacial score (nSPS) is 10.1. The Morgan fingerprint density at radius 2 is 2.31 bits per heavy atom. The predicted molar refractivity (Wildman–Crippen MR) is 62.6 cm³/mol. The van der Waals surface area contributed by atoms with Gasteiger partial charge in [-0.25, -0.2) is 0 Å². The van der Waals surface area contributed by atoms with Crippen LogP contribution < -0.4 is 4.74 Å². The molecule has 0 aliphatic carbocycles. The molecule has 72 valence electrons. The fraction of sp³-hybridized carbons (Fsp3) is 0.333. The van der Waals surface area contributed by atoms with Gasteiger partial charge in [0.05, 0.1) is 12.1 Å². The molecule has 0 atom stereocenters. The number of benzene rings is 1. The van der Waals surface area contributed by atoms with E-state index in [4.69, 9.17) is 16.3 Å². The van der Waals surface area contributed by atoms with Crippen LogP contribution in [0.15, 0.2) is 23.1 Å². The molecular formula is C9H11ClOS2. The summed E-state index contributed by atoms with van der Waals surface area (Å²) < 4.78 is 5.05. The van der Waals surface area contributed by atoms with Gasteiger partial charge in [-0.3, -0.25) is 0 Å². The van der Waals surface area contributed by atoms with Gasteiger partial charge in [0.15, 0.2) is 0 Å². The zero-order valence-electron chi connectivity index (χ0n) is 7.29. The molecule has 0 aromatic heterocycles. The van der Waals surface area contributed by atoms with Crippen LogP contribution in [0.3, 0.4) is 0 Å². The van der Waals surface area contributed by atoms with Crippen LogP contribution in [0.5, 0.6) is 5.75 Å². The maximum atomic E-state index is 5.95. The molecule has 0 radical (unpaired) electrons. The van der Waals surface area contributed by atoms with Crippen molar-refractivity contribution in [1.29, 1.82) is 0 Å². The molecule has 0 amide bonds. The molecule has 0 fully saturated rings. The second-order valence-electron chi connectivity index (χ2n) is 2.37. The van der Waals surface area contributed by atoms with Crippen LogP contribution in [0.2, 0.25) is 5.02 Å². The molecule has 1 nitrogen and oxygen atoms in total. The first kappa shape index (κ1) is 11.1. The van der Waals surface area contributed by atoms with Crippen LogP contribution >= 0.6 is 36.0 Å². The molecule has 1 aromatic carbocycles. The molecular weight excluding hydrogens is 224 g/mol. The second kappa shape index (κ2) is 5.68. The minimum atomic E-state index is 0.659. The average Bonchev–Trinajstić information content (AvgIpc) is 2.15. The molecule has 0 N–H and O–H groups in total. The van der Waals surface area contributed by atoms with E-state index in [0.717, 1.165) is 22.2 Å². The van der Waals surface area contributed by atoms with Gasteiger partial charge in [0.2, 0.25) is 0 Å². The van der Waals surface area contributed by atoms with Crippen molar-refractivity contribution in [2.45, 2.75) is 4.90 Å². The lowest BCUT2D eigenvalue weighted by atomic mass is 10.3. The molecule has 4 heteroatoms. The fourth-order valence-electron chi connectivity index (χ4n) is 0.900. The monoisotopic (exact) mass is 234 g/mol. The Hall–Kier alpha value is 0.01000. The predicted octanol–water partition coefficient (Wildman–Crippen LogP) is 3.37. The first-order valence-electron chi connectivity index (χ1n) is 3.85. The van der Waals surface area contributed by atoms with E-state index in [1.165, 1.54) is 0 Å². The van der Waals surface area contributed by atoms with E-state index in [1.807, 2.05) is 18.2 Å². The summed E-state index contributed by atoms with van der Waals surface area (Å²) in [4.78, 5) is 1.15. The summed E-state index contributed by atoms with van der Waals surface area (Å²) >= 11 is 11.8. The zero-order valence-corrected chi connectivity index (χ0v) is 9.75. The van der Waals surface area contributed by atoms with Gasteiger partial charge in [0, 0.05) is 10.6 Å². The first-order chi connectivity index (χ1) is 6.27. The molecule has 1 rings (SSSR count). The van der Waals surface area contributed by atoms with Crippen LogP contribution in [0.25, 0.3) is 0 Å². The SMILES string of the molecule is COc1ccc(SCCS)cc1Cl. The summed E-state index contributed by atoms with van der Waals surface area (Å²) in [5, 5.41) is 0.659. The summed E-state index contributed by atoms with van der Waals surface area (Å²) in [6, 6.07) is 5.79. The van der Waals surface area contributed by atoms with Gasteiger partial charge >= 0.3 is 0 Å². The van der Waals surface area contributed by atoms with E-state index in [-0.39, 0.29) is 0 Å². The molecule has 0 heterocycles. The van der Waals surface area contributed by atoms with Crippen LogP contribution in [0, 0.1) is 0 Å². The highest BCUT2D eigenvalue weighted by atomic mass is 35.5. The molecule has 0 bridgehead atoms.